The molecule has 120 valence electrons. The molecule has 0 fully saturated rings. The molecule has 0 aliphatic rings. The summed E-state index contributed by atoms with van der Waals surface area (Å²) in [4.78, 5) is 11.6. The fourth-order valence-electron chi connectivity index (χ4n) is 1.70. The van der Waals surface area contributed by atoms with Crippen molar-refractivity contribution < 1.29 is 14.3 Å². The van der Waals surface area contributed by atoms with Gasteiger partial charge in [-0.3, -0.25) is 4.79 Å². The number of benzene rings is 1. The average molecular weight is 317 g/mol. The Bertz CT molecular complexity index is 414. The summed E-state index contributed by atoms with van der Waals surface area (Å²) < 4.78 is 10.7. The van der Waals surface area contributed by atoms with Gasteiger partial charge in [0, 0.05) is 24.8 Å². The number of carbonyl (C=O) groups is 1. The fraction of sp³-hybridized carbons (Fsp3) is 0.533. The van der Waals surface area contributed by atoms with Crippen molar-refractivity contribution in [2.75, 3.05) is 25.1 Å². The maximum atomic E-state index is 11.6. The topological polar surface area (TPSA) is 73.6 Å². The molecule has 1 aromatic rings. The Morgan fingerprint density at radius 1 is 1.33 bits per heavy atom. The first kappa shape index (κ1) is 19.9. The molecule has 1 rings (SSSR count). The zero-order valence-corrected chi connectivity index (χ0v) is 13.4. The van der Waals surface area contributed by atoms with E-state index in [0.29, 0.717) is 32.8 Å². The minimum absolute atomic E-state index is 0. The summed E-state index contributed by atoms with van der Waals surface area (Å²) in [5, 5.41) is 2.83. The van der Waals surface area contributed by atoms with Gasteiger partial charge in [0.25, 0.3) is 0 Å². The lowest BCUT2D eigenvalue weighted by Crippen LogP contribution is -2.24. The van der Waals surface area contributed by atoms with E-state index in [9.17, 15) is 4.79 Å². The van der Waals surface area contributed by atoms with Crippen LogP contribution in [0.25, 0.3) is 0 Å². The highest BCUT2D eigenvalue weighted by Crippen LogP contribution is 2.12. The van der Waals surface area contributed by atoms with E-state index in [-0.39, 0.29) is 24.4 Å². The Morgan fingerprint density at radius 3 is 2.71 bits per heavy atom. The molecule has 0 aromatic heterocycles. The minimum atomic E-state index is -0.139. The molecule has 1 unspecified atom stereocenters. The summed E-state index contributed by atoms with van der Waals surface area (Å²) in [6, 6.07) is 7.47. The van der Waals surface area contributed by atoms with Crippen LogP contribution in [0.5, 0.6) is 0 Å². The lowest BCUT2D eigenvalue weighted by molar-refractivity contribution is -0.116. The highest BCUT2D eigenvalue weighted by molar-refractivity contribution is 5.91. The summed E-state index contributed by atoms with van der Waals surface area (Å²) >= 11 is 0. The van der Waals surface area contributed by atoms with Crippen LogP contribution in [-0.4, -0.2) is 31.8 Å². The summed E-state index contributed by atoms with van der Waals surface area (Å²) in [6.07, 6.45) is 0.315. The molecule has 0 aliphatic carbocycles. The number of anilines is 1. The number of carbonyl (C=O) groups excluding carboxylic acids is 1. The molecule has 6 heteroatoms. The molecule has 0 spiro atoms. The third-order valence-corrected chi connectivity index (χ3v) is 2.56. The van der Waals surface area contributed by atoms with Gasteiger partial charge in [0.1, 0.15) is 0 Å². The van der Waals surface area contributed by atoms with Crippen LogP contribution in [0.3, 0.4) is 0 Å². The van der Waals surface area contributed by atoms with Gasteiger partial charge in [-0.25, -0.2) is 0 Å². The van der Waals surface area contributed by atoms with E-state index in [4.69, 9.17) is 15.2 Å². The van der Waals surface area contributed by atoms with Gasteiger partial charge in [-0.1, -0.05) is 12.1 Å². The molecule has 0 saturated heterocycles. The van der Waals surface area contributed by atoms with Gasteiger partial charge < -0.3 is 20.5 Å². The molecular weight excluding hydrogens is 292 g/mol. The van der Waals surface area contributed by atoms with Crippen LogP contribution < -0.4 is 11.1 Å². The van der Waals surface area contributed by atoms with Gasteiger partial charge in [0.2, 0.25) is 5.91 Å². The van der Waals surface area contributed by atoms with Crippen LogP contribution in [0.15, 0.2) is 24.3 Å². The molecule has 1 aromatic carbocycles. The van der Waals surface area contributed by atoms with Gasteiger partial charge in [-0.2, -0.15) is 0 Å². The average Bonchev–Trinajstić information content (AvgIpc) is 2.38. The fourth-order valence-corrected chi connectivity index (χ4v) is 1.70. The lowest BCUT2D eigenvalue weighted by Gasteiger charge is -2.09. The predicted octanol–water partition coefficient (Wildman–Crippen LogP) is 2.34. The Kier molecular flexibility index (Phi) is 10.9. The van der Waals surface area contributed by atoms with Gasteiger partial charge in [-0.05, 0) is 31.5 Å². The first-order valence-electron chi connectivity index (χ1n) is 6.91. The third kappa shape index (κ3) is 9.42. The minimum Gasteiger partial charge on any atom is -0.379 e. The van der Waals surface area contributed by atoms with Crippen LogP contribution in [0.1, 0.15) is 25.8 Å². The SMILES string of the molecule is CCOCCOCc1cccc(NC(=O)CC(C)N)c1.Cl. The van der Waals surface area contributed by atoms with Gasteiger partial charge in [-0.15, -0.1) is 12.4 Å². The largest absolute Gasteiger partial charge is 0.379 e. The molecule has 3 N–H and O–H groups in total. The summed E-state index contributed by atoms with van der Waals surface area (Å²) in [5.41, 5.74) is 7.37. The van der Waals surface area contributed by atoms with Crippen molar-refractivity contribution in [1.82, 2.24) is 0 Å². The van der Waals surface area contributed by atoms with Gasteiger partial charge in [0.15, 0.2) is 0 Å². The van der Waals surface area contributed by atoms with Crippen molar-refractivity contribution >= 4 is 24.0 Å². The molecule has 0 radical (unpaired) electrons. The van der Waals surface area contributed by atoms with Crippen molar-refractivity contribution in [1.29, 1.82) is 0 Å². The quantitative estimate of drug-likeness (QED) is 0.686. The zero-order valence-electron chi connectivity index (χ0n) is 12.6. The predicted molar refractivity (Wildman–Crippen MR) is 86.7 cm³/mol. The van der Waals surface area contributed by atoms with Gasteiger partial charge in [0.05, 0.1) is 19.8 Å². The number of rotatable bonds is 9. The number of hydrogen-bond acceptors (Lipinski definition) is 4. The second-order valence-corrected chi connectivity index (χ2v) is 4.68. The summed E-state index contributed by atoms with van der Waals surface area (Å²) in [7, 11) is 0. The molecule has 0 aliphatic heterocycles. The van der Waals surface area contributed by atoms with Crippen LogP contribution in [0, 0.1) is 0 Å². The Morgan fingerprint density at radius 2 is 2.05 bits per heavy atom. The highest BCUT2D eigenvalue weighted by Gasteiger charge is 2.05. The number of nitrogens with two attached hydrogens (primary N) is 1. The molecular formula is C15H25ClN2O3. The van der Waals surface area contributed by atoms with E-state index < -0.39 is 0 Å². The number of amides is 1. The highest BCUT2D eigenvalue weighted by atomic mass is 35.5. The zero-order chi connectivity index (χ0) is 14.8. The standard InChI is InChI=1S/C15H24N2O3.ClH/c1-3-19-7-8-20-11-13-5-4-6-14(10-13)17-15(18)9-12(2)16;/h4-6,10,12H,3,7-9,11,16H2,1-2H3,(H,17,18);1H. The molecule has 1 amide bonds. The third-order valence-electron chi connectivity index (χ3n) is 2.56. The van der Waals surface area contributed by atoms with Crippen molar-refractivity contribution in [2.24, 2.45) is 5.73 Å². The molecule has 21 heavy (non-hydrogen) atoms. The van der Waals surface area contributed by atoms with Crippen LogP contribution in [-0.2, 0) is 20.9 Å². The maximum Gasteiger partial charge on any atom is 0.225 e. The van der Waals surface area contributed by atoms with E-state index in [0.717, 1.165) is 11.3 Å². The molecule has 0 bridgehead atoms. The van der Waals surface area contributed by atoms with Crippen molar-refractivity contribution in [3.8, 4) is 0 Å². The smallest absolute Gasteiger partial charge is 0.225 e. The van der Waals surface area contributed by atoms with E-state index in [1.807, 2.05) is 38.1 Å². The maximum absolute atomic E-state index is 11.6. The normalized spacial score (nSPS) is 11.6. The Hall–Kier alpha value is -1.14. The summed E-state index contributed by atoms with van der Waals surface area (Å²) in [6.45, 7) is 6.13. The summed E-state index contributed by atoms with van der Waals surface area (Å²) in [5.74, 6) is -0.0746. The number of ether oxygens (including phenoxy) is 2. The lowest BCUT2D eigenvalue weighted by atomic mass is 10.2. The number of halogens is 1. The second kappa shape index (κ2) is 11.5. The second-order valence-electron chi connectivity index (χ2n) is 4.68. The van der Waals surface area contributed by atoms with Crippen molar-refractivity contribution in [3.63, 3.8) is 0 Å². The van der Waals surface area contributed by atoms with E-state index in [1.165, 1.54) is 0 Å². The number of hydrogen-bond donors (Lipinski definition) is 2. The number of nitrogens with one attached hydrogen (secondary N) is 1. The Balaban J connectivity index is 0.00000400. The molecule has 0 saturated carbocycles. The molecule has 1 atom stereocenters. The molecule has 5 nitrogen and oxygen atoms in total. The Labute approximate surface area is 132 Å². The van der Waals surface area contributed by atoms with Crippen molar-refractivity contribution in [3.05, 3.63) is 29.8 Å². The van der Waals surface area contributed by atoms with Crippen molar-refractivity contribution in [2.45, 2.75) is 32.9 Å². The van der Waals surface area contributed by atoms with Gasteiger partial charge >= 0.3 is 0 Å². The van der Waals surface area contributed by atoms with Crippen LogP contribution >= 0.6 is 12.4 Å². The van der Waals surface area contributed by atoms with Crippen LogP contribution in [0.4, 0.5) is 5.69 Å². The van der Waals surface area contributed by atoms with E-state index >= 15 is 0 Å². The van der Waals surface area contributed by atoms with E-state index in [1.54, 1.807) is 0 Å². The van der Waals surface area contributed by atoms with Crippen LogP contribution in [0.2, 0.25) is 0 Å². The first-order valence-corrected chi connectivity index (χ1v) is 6.91. The first-order chi connectivity index (χ1) is 9.61. The monoisotopic (exact) mass is 316 g/mol. The molecule has 0 heterocycles. The van der Waals surface area contributed by atoms with E-state index in [2.05, 4.69) is 5.32 Å².